The minimum Gasteiger partial charge on any atom is -0.459 e. The van der Waals surface area contributed by atoms with E-state index in [1.807, 2.05) is 0 Å². The maximum Gasteiger partial charge on any atom is 0.331 e. The van der Waals surface area contributed by atoms with Crippen molar-refractivity contribution in [3.63, 3.8) is 0 Å². The van der Waals surface area contributed by atoms with Crippen molar-refractivity contribution < 1.29 is 32.0 Å². The van der Waals surface area contributed by atoms with Crippen LogP contribution in [-0.2, 0) is 24.3 Å². The van der Waals surface area contributed by atoms with Crippen molar-refractivity contribution in [2.45, 2.75) is 17.9 Å². The molecule has 0 radical (unpaired) electrons. The molecule has 11 nitrogen and oxygen atoms in total. The number of nitrogens with zero attached hydrogens (tertiary/aromatic N) is 3. The molecule has 0 spiro atoms. The summed E-state index contributed by atoms with van der Waals surface area (Å²) in [6.45, 7) is 2.26. The number of nitrogens with one attached hydrogen (secondary N) is 1. The number of piperazine rings is 1. The van der Waals surface area contributed by atoms with Crippen LogP contribution in [0, 0.1) is 0 Å². The zero-order valence-electron chi connectivity index (χ0n) is 17.8. The highest BCUT2D eigenvalue weighted by atomic mass is 32.2. The van der Waals surface area contributed by atoms with Gasteiger partial charge in [0.1, 0.15) is 11.9 Å². The molecule has 1 N–H and O–H groups in total. The molecule has 33 heavy (non-hydrogen) atoms. The largest absolute Gasteiger partial charge is 0.459 e. The van der Waals surface area contributed by atoms with Crippen molar-refractivity contribution in [2.75, 3.05) is 32.8 Å². The molecule has 1 saturated heterocycles. The van der Waals surface area contributed by atoms with Crippen molar-refractivity contribution in [2.24, 2.45) is 4.99 Å². The molecular formula is C21H22N4O7S. The number of aliphatic imine (C=N–C) groups is 1. The fourth-order valence-electron chi connectivity index (χ4n) is 3.54. The first kappa shape index (κ1) is 22.5. The molecule has 2 aromatic rings. The van der Waals surface area contributed by atoms with E-state index in [1.165, 1.54) is 24.2 Å². The highest BCUT2D eigenvalue weighted by Crippen LogP contribution is 2.22. The van der Waals surface area contributed by atoms with Crippen LogP contribution in [0.1, 0.15) is 23.0 Å². The summed E-state index contributed by atoms with van der Waals surface area (Å²) in [6.07, 6.45) is 1.42. The van der Waals surface area contributed by atoms with Gasteiger partial charge in [0.2, 0.25) is 0 Å². The second-order valence-corrected chi connectivity index (χ2v) is 9.16. The molecule has 2 aliphatic heterocycles. The van der Waals surface area contributed by atoms with Crippen molar-refractivity contribution in [3.05, 3.63) is 54.0 Å². The number of esters is 1. The molecule has 4 rings (SSSR count). The standard InChI is InChI=1S/C21H22N4O7S/c1-14(22-19-15-5-2-3-7-17(15)33(29,30)23-19)21(28)32-13-18(26)24-8-10-25(11-9-24)20(27)16-6-4-12-31-16/h2-7,12,14H,8-11,13H2,1H3,(H,22,23). The Balaban J connectivity index is 1.28. The number of ether oxygens (including phenoxy) is 1. The van der Waals surface area contributed by atoms with Gasteiger partial charge in [-0.15, -0.1) is 0 Å². The van der Waals surface area contributed by atoms with E-state index in [1.54, 1.807) is 35.2 Å². The summed E-state index contributed by atoms with van der Waals surface area (Å²) in [6, 6.07) is 8.49. The molecule has 1 aromatic carbocycles. The molecule has 2 amide bonds. The molecule has 0 saturated carbocycles. The third-order valence-electron chi connectivity index (χ3n) is 5.32. The van der Waals surface area contributed by atoms with Crippen LogP contribution in [0.3, 0.4) is 0 Å². The number of amidine groups is 1. The Morgan fingerprint density at radius 1 is 1.09 bits per heavy atom. The molecule has 1 unspecified atom stereocenters. The topological polar surface area (TPSA) is 139 Å². The van der Waals surface area contributed by atoms with Crippen LogP contribution in [0.4, 0.5) is 0 Å². The zero-order chi connectivity index (χ0) is 23.6. The van der Waals surface area contributed by atoms with Crippen molar-refractivity contribution in [1.82, 2.24) is 14.5 Å². The van der Waals surface area contributed by atoms with Crippen LogP contribution in [-0.4, -0.2) is 80.7 Å². The summed E-state index contributed by atoms with van der Waals surface area (Å²) in [5.41, 5.74) is 0.371. The summed E-state index contributed by atoms with van der Waals surface area (Å²) in [4.78, 5) is 44.4. The van der Waals surface area contributed by atoms with Crippen LogP contribution >= 0.6 is 0 Å². The van der Waals surface area contributed by atoms with Gasteiger partial charge in [0.25, 0.3) is 21.8 Å². The van der Waals surface area contributed by atoms with Gasteiger partial charge in [-0.25, -0.2) is 13.2 Å². The number of carbonyl (C=O) groups is 3. The number of amides is 2. The quantitative estimate of drug-likeness (QED) is 0.612. The van der Waals surface area contributed by atoms with Gasteiger partial charge in [0.15, 0.2) is 12.4 Å². The third kappa shape index (κ3) is 4.75. The van der Waals surface area contributed by atoms with Crippen molar-refractivity contribution >= 4 is 33.6 Å². The fourth-order valence-corrected chi connectivity index (χ4v) is 4.77. The van der Waals surface area contributed by atoms with Crippen LogP contribution in [0.2, 0.25) is 0 Å². The van der Waals surface area contributed by atoms with Crippen molar-refractivity contribution in [3.8, 4) is 0 Å². The molecule has 12 heteroatoms. The molecular weight excluding hydrogens is 452 g/mol. The van der Waals surface area contributed by atoms with Gasteiger partial charge in [0, 0.05) is 31.7 Å². The Labute approximate surface area is 190 Å². The van der Waals surface area contributed by atoms with Gasteiger partial charge in [0.05, 0.1) is 11.2 Å². The predicted octanol–water partition coefficient (Wildman–Crippen LogP) is 0.234. The van der Waals surface area contributed by atoms with E-state index in [-0.39, 0.29) is 28.3 Å². The Bertz CT molecular complexity index is 1200. The number of benzene rings is 1. The maximum atomic E-state index is 12.4. The lowest BCUT2D eigenvalue weighted by molar-refractivity contribution is -0.153. The van der Waals surface area contributed by atoms with E-state index in [2.05, 4.69) is 9.71 Å². The molecule has 2 aliphatic rings. The molecule has 174 valence electrons. The van der Waals surface area contributed by atoms with E-state index >= 15 is 0 Å². The lowest BCUT2D eigenvalue weighted by Crippen LogP contribution is -2.51. The number of fused-ring (bicyclic) bond motifs is 1. The Morgan fingerprint density at radius 2 is 1.79 bits per heavy atom. The van der Waals surface area contributed by atoms with Gasteiger partial charge in [-0.05, 0) is 31.2 Å². The van der Waals surface area contributed by atoms with Crippen LogP contribution in [0.25, 0.3) is 0 Å². The van der Waals surface area contributed by atoms with E-state index in [0.717, 1.165) is 0 Å². The van der Waals surface area contributed by atoms with Gasteiger partial charge in [-0.3, -0.25) is 19.3 Å². The molecule has 1 atom stereocenters. The van der Waals surface area contributed by atoms with E-state index in [4.69, 9.17) is 9.15 Å². The van der Waals surface area contributed by atoms with E-state index < -0.39 is 28.6 Å². The summed E-state index contributed by atoms with van der Waals surface area (Å²) in [7, 11) is -3.72. The molecule has 1 fully saturated rings. The minimum absolute atomic E-state index is 0.0544. The lowest BCUT2D eigenvalue weighted by Gasteiger charge is -2.34. The monoisotopic (exact) mass is 474 g/mol. The summed E-state index contributed by atoms with van der Waals surface area (Å²) in [5, 5.41) is 0. The lowest BCUT2D eigenvalue weighted by atomic mass is 10.2. The van der Waals surface area contributed by atoms with Gasteiger partial charge >= 0.3 is 5.97 Å². The SMILES string of the molecule is CC(N=C1NS(=O)(=O)c2ccccc21)C(=O)OCC(=O)N1CCN(C(=O)c2ccco2)CC1. The molecule has 0 aliphatic carbocycles. The summed E-state index contributed by atoms with van der Waals surface area (Å²) < 4.78 is 36.8. The Morgan fingerprint density at radius 3 is 2.48 bits per heavy atom. The summed E-state index contributed by atoms with van der Waals surface area (Å²) >= 11 is 0. The number of hydrogen-bond donors (Lipinski definition) is 1. The first-order valence-corrected chi connectivity index (χ1v) is 11.7. The van der Waals surface area contributed by atoms with Crippen molar-refractivity contribution in [1.29, 1.82) is 0 Å². The first-order valence-electron chi connectivity index (χ1n) is 10.2. The fraction of sp³-hybridized carbons (Fsp3) is 0.333. The van der Waals surface area contributed by atoms with Crippen LogP contribution in [0.5, 0.6) is 0 Å². The van der Waals surface area contributed by atoms with E-state index in [0.29, 0.717) is 31.7 Å². The number of rotatable bonds is 5. The average Bonchev–Trinajstić information content (AvgIpc) is 3.44. The Hall–Kier alpha value is -3.67. The Kier molecular flexibility index (Phi) is 6.18. The molecule has 3 heterocycles. The highest BCUT2D eigenvalue weighted by molar-refractivity contribution is 7.90. The number of hydrogen-bond acceptors (Lipinski definition) is 8. The third-order valence-corrected chi connectivity index (χ3v) is 6.71. The number of carbonyl (C=O) groups excluding carboxylic acids is 3. The minimum atomic E-state index is -3.72. The predicted molar refractivity (Wildman–Crippen MR) is 115 cm³/mol. The van der Waals surface area contributed by atoms with E-state index in [9.17, 15) is 22.8 Å². The maximum absolute atomic E-state index is 12.4. The smallest absolute Gasteiger partial charge is 0.331 e. The second-order valence-electron chi connectivity index (χ2n) is 7.51. The number of sulfonamides is 1. The van der Waals surface area contributed by atoms with Gasteiger partial charge in [-0.2, -0.15) is 0 Å². The highest BCUT2D eigenvalue weighted by Gasteiger charge is 2.32. The molecule has 0 bridgehead atoms. The van der Waals surface area contributed by atoms with Gasteiger partial charge < -0.3 is 19.0 Å². The first-order chi connectivity index (χ1) is 15.8. The van der Waals surface area contributed by atoms with Crippen LogP contribution in [0.15, 0.2) is 57.0 Å². The zero-order valence-corrected chi connectivity index (χ0v) is 18.6. The van der Waals surface area contributed by atoms with Gasteiger partial charge in [-0.1, -0.05) is 12.1 Å². The van der Waals surface area contributed by atoms with Crippen LogP contribution < -0.4 is 4.72 Å². The molecule has 1 aromatic heterocycles. The normalized spacial score (nSPS) is 19.0. The second kappa shape index (κ2) is 9.06. The average molecular weight is 474 g/mol. The summed E-state index contributed by atoms with van der Waals surface area (Å²) in [5.74, 6) is -1.09. The number of furan rings is 1.